The number of hydrogen-bond donors (Lipinski definition) is 1. The van der Waals surface area contributed by atoms with Gasteiger partial charge >= 0.3 is 11.7 Å². The van der Waals surface area contributed by atoms with Crippen LogP contribution >= 0.6 is 0 Å². The minimum Gasteiger partial charge on any atom is -0.462 e. The Hall–Kier alpha value is -4.46. The zero-order valence-electron chi connectivity index (χ0n) is 19.7. The minimum absolute atomic E-state index is 0.268. The molecular formula is C27H25N3O5. The average molecular weight is 472 g/mol. The fourth-order valence-corrected chi connectivity index (χ4v) is 4.03. The summed E-state index contributed by atoms with van der Waals surface area (Å²) in [6.07, 6.45) is 0. The number of benzene rings is 3. The molecule has 3 aromatic carbocycles. The third-order valence-corrected chi connectivity index (χ3v) is 5.50. The molecule has 0 bridgehead atoms. The number of fused-ring (bicyclic) bond motifs is 1. The first-order valence-corrected chi connectivity index (χ1v) is 11.2. The molecule has 35 heavy (non-hydrogen) atoms. The lowest BCUT2D eigenvalue weighted by Crippen LogP contribution is -2.40. The number of para-hydroxylation sites is 1. The molecule has 0 aliphatic rings. The number of carbonyl (C=O) groups is 2. The number of amides is 1. The second kappa shape index (κ2) is 9.80. The molecule has 4 rings (SSSR count). The summed E-state index contributed by atoms with van der Waals surface area (Å²) in [7, 11) is 0. The Kier molecular flexibility index (Phi) is 6.64. The van der Waals surface area contributed by atoms with Crippen LogP contribution in [0.5, 0.6) is 0 Å². The van der Waals surface area contributed by atoms with Crippen LogP contribution in [0.3, 0.4) is 0 Å². The van der Waals surface area contributed by atoms with Gasteiger partial charge in [0.25, 0.3) is 5.56 Å². The predicted octanol–water partition coefficient (Wildman–Crippen LogP) is 3.58. The fourth-order valence-electron chi connectivity index (χ4n) is 4.03. The van der Waals surface area contributed by atoms with Crippen LogP contribution in [0.2, 0.25) is 0 Å². The molecule has 4 aromatic rings. The van der Waals surface area contributed by atoms with Gasteiger partial charge in [0.1, 0.15) is 6.54 Å². The van der Waals surface area contributed by atoms with Crippen LogP contribution in [0.15, 0.2) is 76.3 Å². The molecule has 1 N–H and O–H groups in total. The van der Waals surface area contributed by atoms with Gasteiger partial charge in [0.05, 0.1) is 28.8 Å². The van der Waals surface area contributed by atoms with E-state index in [-0.39, 0.29) is 13.2 Å². The van der Waals surface area contributed by atoms with Crippen LogP contribution in [0, 0.1) is 13.8 Å². The molecule has 8 heteroatoms. The first-order chi connectivity index (χ1) is 16.8. The van der Waals surface area contributed by atoms with Crippen molar-refractivity contribution in [2.45, 2.75) is 27.3 Å². The maximum Gasteiger partial charge on any atom is 0.338 e. The van der Waals surface area contributed by atoms with E-state index in [0.29, 0.717) is 27.8 Å². The molecule has 0 aliphatic carbocycles. The lowest BCUT2D eigenvalue weighted by molar-refractivity contribution is -0.116. The summed E-state index contributed by atoms with van der Waals surface area (Å²) in [5.41, 5.74) is 2.43. The number of ether oxygens (including phenoxy) is 1. The highest BCUT2D eigenvalue weighted by atomic mass is 16.5. The molecule has 0 unspecified atom stereocenters. The molecule has 0 saturated heterocycles. The molecule has 0 fully saturated rings. The summed E-state index contributed by atoms with van der Waals surface area (Å²) in [4.78, 5) is 51.5. The maximum atomic E-state index is 13.5. The zero-order chi connectivity index (χ0) is 25.1. The van der Waals surface area contributed by atoms with Crippen molar-refractivity contribution in [2.75, 3.05) is 11.9 Å². The van der Waals surface area contributed by atoms with Gasteiger partial charge in [-0.05, 0) is 80.4 Å². The molecule has 178 valence electrons. The molecule has 8 nitrogen and oxygen atoms in total. The Morgan fingerprint density at radius 1 is 0.914 bits per heavy atom. The zero-order valence-corrected chi connectivity index (χ0v) is 19.7. The van der Waals surface area contributed by atoms with E-state index in [1.807, 2.05) is 19.9 Å². The molecule has 1 amide bonds. The van der Waals surface area contributed by atoms with Crippen molar-refractivity contribution in [3.8, 4) is 5.69 Å². The van der Waals surface area contributed by atoms with Crippen molar-refractivity contribution in [2.24, 2.45) is 0 Å². The summed E-state index contributed by atoms with van der Waals surface area (Å²) in [6, 6.07) is 18.5. The molecule has 0 atom stereocenters. The number of esters is 1. The Bertz CT molecular complexity index is 1530. The molecular weight excluding hydrogens is 446 g/mol. The molecule has 0 saturated carbocycles. The van der Waals surface area contributed by atoms with E-state index in [9.17, 15) is 19.2 Å². The fraction of sp³-hybridized carbons (Fsp3) is 0.185. The Morgan fingerprint density at radius 3 is 2.23 bits per heavy atom. The Balaban J connectivity index is 1.71. The highest BCUT2D eigenvalue weighted by Gasteiger charge is 2.17. The van der Waals surface area contributed by atoms with Gasteiger partial charge in [0.2, 0.25) is 5.91 Å². The topological polar surface area (TPSA) is 99.4 Å². The molecule has 0 radical (unpaired) electrons. The van der Waals surface area contributed by atoms with Crippen LogP contribution in [-0.2, 0) is 16.1 Å². The van der Waals surface area contributed by atoms with E-state index in [0.717, 1.165) is 15.7 Å². The van der Waals surface area contributed by atoms with Gasteiger partial charge < -0.3 is 10.1 Å². The lowest BCUT2D eigenvalue weighted by Gasteiger charge is -2.15. The van der Waals surface area contributed by atoms with E-state index < -0.39 is 23.1 Å². The number of aryl methyl sites for hydroxylation is 2. The van der Waals surface area contributed by atoms with E-state index >= 15 is 0 Å². The smallest absolute Gasteiger partial charge is 0.338 e. The maximum absolute atomic E-state index is 13.5. The van der Waals surface area contributed by atoms with Crippen molar-refractivity contribution in [3.63, 3.8) is 0 Å². The number of hydrogen-bond acceptors (Lipinski definition) is 5. The molecule has 1 heterocycles. The number of nitrogens with zero attached hydrogens (tertiary/aromatic N) is 2. The lowest BCUT2D eigenvalue weighted by atomic mass is 10.1. The highest BCUT2D eigenvalue weighted by molar-refractivity contribution is 5.93. The third-order valence-electron chi connectivity index (χ3n) is 5.50. The molecule has 0 aliphatic heterocycles. The minimum atomic E-state index is -0.605. The van der Waals surface area contributed by atoms with Crippen molar-refractivity contribution >= 4 is 28.5 Å². The van der Waals surface area contributed by atoms with Gasteiger partial charge in [-0.3, -0.25) is 14.2 Å². The monoisotopic (exact) mass is 471 g/mol. The van der Waals surface area contributed by atoms with E-state index in [1.165, 1.54) is 4.57 Å². The van der Waals surface area contributed by atoms with E-state index in [2.05, 4.69) is 5.32 Å². The van der Waals surface area contributed by atoms with Gasteiger partial charge in [-0.2, -0.15) is 0 Å². The summed E-state index contributed by atoms with van der Waals surface area (Å²) < 4.78 is 7.35. The summed E-state index contributed by atoms with van der Waals surface area (Å²) in [5, 5.41) is 3.07. The van der Waals surface area contributed by atoms with Gasteiger partial charge in [0, 0.05) is 5.69 Å². The average Bonchev–Trinajstić information content (AvgIpc) is 2.82. The van der Waals surface area contributed by atoms with Crippen LogP contribution in [0.4, 0.5) is 5.69 Å². The Morgan fingerprint density at radius 2 is 1.57 bits per heavy atom. The number of carbonyl (C=O) groups excluding carboxylic acids is 2. The quantitative estimate of drug-likeness (QED) is 0.434. The predicted molar refractivity (Wildman–Crippen MR) is 134 cm³/mol. The van der Waals surface area contributed by atoms with Crippen LogP contribution < -0.4 is 16.6 Å². The standard InChI is InChI=1S/C27H25N3O5/c1-4-35-26(33)19-9-11-20(12-10-19)28-24(31)16-29-23-8-6-5-7-22(23)25(32)30(27(29)34)21-14-17(2)13-18(3)15-21/h5-15H,4,16H2,1-3H3,(H,28,31). The number of nitrogens with one attached hydrogen (secondary N) is 1. The number of aromatic nitrogens is 2. The third kappa shape index (κ3) is 4.91. The van der Waals surface area contributed by atoms with E-state index in [4.69, 9.17) is 4.74 Å². The van der Waals surface area contributed by atoms with E-state index in [1.54, 1.807) is 67.6 Å². The second-order valence-corrected chi connectivity index (χ2v) is 8.22. The first kappa shape index (κ1) is 23.7. The van der Waals surface area contributed by atoms with Crippen molar-refractivity contribution in [1.29, 1.82) is 0 Å². The largest absolute Gasteiger partial charge is 0.462 e. The van der Waals surface area contributed by atoms with Crippen molar-refractivity contribution < 1.29 is 14.3 Å². The van der Waals surface area contributed by atoms with Crippen LogP contribution in [-0.4, -0.2) is 27.6 Å². The number of anilines is 1. The van der Waals surface area contributed by atoms with Gasteiger partial charge in [-0.1, -0.05) is 18.2 Å². The second-order valence-electron chi connectivity index (χ2n) is 8.22. The number of rotatable bonds is 6. The Labute approximate surface area is 201 Å². The van der Waals surface area contributed by atoms with Crippen molar-refractivity contribution in [3.05, 3.63) is 104 Å². The van der Waals surface area contributed by atoms with Gasteiger partial charge in [-0.15, -0.1) is 0 Å². The summed E-state index contributed by atoms with van der Waals surface area (Å²) >= 11 is 0. The summed E-state index contributed by atoms with van der Waals surface area (Å²) in [6.45, 7) is 5.47. The highest BCUT2D eigenvalue weighted by Crippen LogP contribution is 2.15. The molecule has 1 aromatic heterocycles. The van der Waals surface area contributed by atoms with Crippen LogP contribution in [0.25, 0.3) is 16.6 Å². The molecule has 0 spiro atoms. The SMILES string of the molecule is CCOC(=O)c1ccc(NC(=O)Cn2c(=O)n(-c3cc(C)cc(C)c3)c(=O)c3ccccc32)cc1. The van der Waals surface area contributed by atoms with Crippen LogP contribution in [0.1, 0.15) is 28.4 Å². The van der Waals surface area contributed by atoms with Crippen molar-refractivity contribution in [1.82, 2.24) is 9.13 Å². The van der Waals surface area contributed by atoms with Gasteiger partial charge in [0.15, 0.2) is 0 Å². The summed E-state index contributed by atoms with van der Waals surface area (Å²) in [5.74, 6) is -0.899. The van der Waals surface area contributed by atoms with Gasteiger partial charge in [-0.25, -0.2) is 14.2 Å². The first-order valence-electron chi connectivity index (χ1n) is 11.2. The normalized spacial score (nSPS) is 10.8.